The Kier molecular flexibility index (Phi) is 6.02. The second-order valence-electron chi connectivity index (χ2n) is 8.82. The molecule has 0 unspecified atom stereocenters. The number of carbonyl (C=O) groups excluding carboxylic acids is 2. The van der Waals surface area contributed by atoms with Gasteiger partial charge in [0.15, 0.2) is 11.6 Å². The third-order valence-electron chi connectivity index (χ3n) is 7.18. The topological polar surface area (TPSA) is 66.8 Å². The van der Waals surface area contributed by atoms with Crippen LogP contribution in [0.5, 0.6) is 5.75 Å². The van der Waals surface area contributed by atoms with Gasteiger partial charge in [-0.3, -0.25) is 14.5 Å². The first-order valence-corrected chi connectivity index (χ1v) is 11.2. The lowest BCUT2D eigenvalue weighted by Gasteiger charge is -2.31. The number of amides is 2. The largest absolute Gasteiger partial charge is 0.505 e. The van der Waals surface area contributed by atoms with Gasteiger partial charge in [-0.1, -0.05) is 37.1 Å². The first-order chi connectivity index (χ1) is 14.8. The Morgan fingerprint density at radius 3 is 2.71 bits per heavy atom. The molecule has 0 radical (unpaired) electrons. The maximum absolute atomic E-state index is 13.7. The number of allylic oxidation sites excluding steroid dienone is 2. The van der Waals surface area contributed by atoms with Crippen molar-refractivity contribution in [3.05, 3.63) is 46.3 Å². The van der Waals surface area contributed by atoms with Crippen LogP contribution in [-0.4, -0.2) is 41.6 Å². The van der Waals surface area contributed by atoms with Gasteiger partial charge in [0.2, 0.25) is 11.8 Å². The molecule has 0 spiro atoms. The Hall–Kier alpha value is -2.47. The van der Waals surface area contributed by atoms with Crippen LogP contribution in [0.2, 0.25) is 0 Å². The predicted molar refractivity (Wildman–Crippen MR) is 115 cm³/mol. The summed E-state index contributed by atoms with van der Waals surface area (Å²) in [6.07, 6.45) is 5.88. The van der Waals surface area contributed by atoms with Crippen LogP contribution >= 0.6 is 0 Å². The van der Waals surface area contributed by atoms with Crippen LogP contribution in [-0.2, 0) is 14.3 Å². The Balaban J connectivity index is 1.52. The Bertz CT molecular complexity index is 966. The number of phenols is 1. The third-order valence-corrected chi connectivity index (χ3v) is 7.18. The number of hydrogen-bond donors (Lipinski definition) is 1. The molecular weight excluding hydrogens is 397 g/mol. The highest BCUT2D eigenvalue weighted by Crippen LogP contribution is 2.50. The molecule has 0 aromatic heterocycles. The molecule has 166 valence electrons. The molecule has 4 atom stereocenters. The zero-order chi connectivity index (χ0) is 22.3. The molecule has 1 aromatic rings. The molecule has 6 heteroatoms. The van der Waals surface area contributed by atoms with Crippen molar-refractivity contribution in [2.24, 2.45) is 17.8 Å². The molecule has 2 fully saturated rings. The van der Waals surface area contributed by atoms with E-state index in [0.29, 0.717) is 13.0 Å². The molecular formula is C25H30FNO4. The van der Waals surface area contributed by atoms with E-state index >= 15 is 0 Å². The predicted octanol–water partition coefficient (Wildman–Crippen LogP) is 4.46. The van der Waals surface area contributed by atoms with Gasteiger partial charge >= 0.3 is 0 Å². The molecule has 2 amide bonds. The third kappa shape index (κ3) is 3.82. The van der Waals surface area contributed by atoms with Crippen LogP contribution in [0.1, 0.15) is 51.5 Å². The lowest BCUT2D eigenvalue weighted by Crippen LogP contribution is -2.33. The molecule has 1 aromatic carbocycles. The van der Waals surface area contributed by atoms with E-state index < -0.39 is 5.82 Å². The smallest absolute Gasteiger partial charge is 0.233 e. The number of rotatable bonds is 6. The number of hydrogen-bond acceptors (Lipinski definition) is 4. The van der Waals surface area contributed by atoms with Crippen molar-refractivity contribution >= 4 is 17.9 Å². The Morgan fingerprint density at radius 2 is 2.03 bits per heavy atom. The van der Waals surface area contributed by atoms with E-state index in [9.17, 15) is 19.1 Å². The molecule has 2 aliphatic heterocycles. The molecule has 5 nitrogen and oxygen atoms in total. The van der Waals surface area contributed by atoms with Gasteiger partial charge in [0.05, 0.1) is 24.5 Å². The highest BCUT2D eigenvalue weighted by molar-refractivity contribution is 6.05. The van der Waals surface area contributed by atoms with Gasteiger partial charge in [-0.15, -0.1) is 0 Å². The minimum atomic E-state index is -0.624. The normalized spacial score (nSPS) is 28.4. The van der Waals surface area contributed by atoms with Gasteiger partial charge in [0.1, 0.15) is 0 Å². The summed E-state index contributed by atoms with van der Waals surface area (Å²) in [4.78, 5) is 26.6. The summed E-state index contributed by atoms with van der Waals surface area (Å²) < 4.78 is 19.8. The number of phenolic OH excluding ortho intramolecular Hbond substituents is 1. The molecule has 1 aliphatic carbocycles. The average molecular weight is 428 g/mol. The Labute approximate surface area is 182 Å². The second kappa shape index (κ2) is 8.58. The summed E-state index contributed by atoms with van der Waals surface area (Å²) >= 11 is 0. The summed E-state index contributed by atoms with van der Waals surface area (Å²) in [6, 6.07) is 4.41. The molecule has 1 N–H and O–H groups in total. The first kappa shape index (κ1) is 21.8. The zero-order valence-corrected chi connectivity index (χ0v) is 18.4. The summed E-state index contributed by atoms with van der Waals surface area (Å²) in [6.45, 7) is 4.67. The highest BCUT2D eigenvalue weighted by Gasteiger charge is 2.55. The van der Waals surface area contributed by atoms with Crippen LogP contribution in [0.25, 0.3) is 6.08 Å². The number of benzene rings is 1. The van der Waals surface area contributed by atoms with Crippen LogP contribution in [0.15, 0.2) is 34.9 Å². The van der Waals surface area contributed by atoms with E-state index in [-0.39, 0.29) is 41.4 Å². The number of carbonyl (C=O) groups is 2. The number of aromatic hydroxyl groups is 1. The van der Waals surface area contributed by atoms with Crippen molar-refractivity contribution in [1.82, 2.24) is 4.90 Å². The number of nitrogens with zero attached hydrogens (tertiary/aromatic N) is 1. The van der Waals surface area contributed by atoms with E-state index in [4.69, 9.17) is 4.74 Å². The summed E-state index contributed by atoms with van der Waals surface area (Å²) in [5.41, 5.74) is 4.42. The molecule has 31 heavy (non-hydrogen) atoms. The van der Waals surface area contributed by atoms with Crippen molar-refractivity contribution < 1.29 is 23.8 Å². The van der Waals surface area contributed by atoms with Gasteiger partial charge in [-0.2, -0.15) is 0 Å². The lowest BCUT2D eigenvalue weighted by molar-refractivity contribution is -0.138. The van der Waals surface area contributed by atoms with Crippen LogP contribution in [0.4, 0.5) is 4.39 Å². The fraction of sp³-hybridized carbons (Fsp3) is 0.520. The maximum atomic E-state index is 13.7. The lowest BCUT2D eigenvalue weighted by atomic mass is 9.69. The maximum Gasteiger partial charge on any atom is 0.233 e. The summed E-state index contributed by atoms with van der Waals surface area (Å²) in [5, 5.41) is 9.39. The highest BCUT2D eigenvalue weighted by atomic mass is 19.1. The molecule has 0 bridgehead atoms. The van der Waals surface area contributed by atoms with Crippen molar-refractivity contribution in [3.63, 3.8) is 0 Å². The van der Waals surface area contributed by atoms with E-state index in [1.54, 1.807) is 13.1 Å². The fourth-order valence-corrected chi connectivity index (χ4v) is 5.49. The number of ether oxygens (including phenoxy) is 1. The minimum Gasteiger partial charge on any atom is -0.505 e. The van der Waals surface area contributed by atoms with E-state index in [2.05, 4.69) is 13.8 Å². The van der Waals surface area contributed by atoms with E-state index in [0.717, 1.165) is 31.2 Å². The van der Waals surface area contributed by atoms with Crippen molar-refractivity contribution in [3.8, 4) is 5.75 Å². The number of halogens is 1. The van der Waals surface area contributed by atoms with Gasteiger partial charge in [0, 0.05) is 13.0 Å². The monoisotopic (exact) mass is 427 g/mol. The van der Waals surface area contributed by atoms with Crippen LogP contribution in [0.3, 0.4) is 0 Å². The van der Waals surface area contributed by atoms with Crippen LogP contribution < -0.4 is 0 Å². The fourth-order valence-electron chi connectivity index (χ4n) is 5.49. The SMILES string of the molecule is CCC1=C2[C@@H](CC/C(=C/c3ccc(O)c(F)c3)CC)OC[C@@H]2[C@@H]2C(=O)N(C)C(=O)[C@@H]2C1. The Morgan fingerprint density at radius 1 is 1.26 bits per heavy atom. The molecule has 3 aliphatic rings. The molecule has 2 heterocycles. The molecule has 0 saturated carbocycles. The number of likely N-dealkylation sites (tertiary alicyclic amines) is 1. The van der Waals surface area contributed by atoms with Gasteiger partial charge in [-0.05, 0) is 55.4 Å². The van der Waals surface area contributed by atoms with E-state index in [1.165, 1.54) is 33.8 Å². The van der Waals surface area contributed by atoms with Crippen molar-refractivity contribution in [2.45, 2.75) is 52.1 Å². The number of fused-ring (bicyclic) bond motifs is 3. The summed E-state index contributed by atoms with van der Waals surface area (Å²) in [5.74, 6) is -1.61. The zero-order valence-electron chi connectivity index (χ0n) is 18.4. The van der Waals surface area contributed by atoms with Gasteiger partial charge in [-0.25, -0.2) is 4.39 Å². The van der Waals surface area contributed by atoms with Crippen LogP contribution in [0, 0.1) is 23.6 Å². The quantitative estimate of drug-likeness (QED) is 0.538. The second-order valence-corrected chi connectivity index (χ2v) is 8.82. The summed E-state index contributed by atoms with van der Waals surface area (Å²) in [7, 11) is 1.59. The minimum absolute atomic E-state index is 0.000325. The van der Waals surface area contributed by atoms with Crippen molar-refractivity contribution in [1.29, 1.82) is 0 Å². The first-order valence-electron chi connectivity index (χ1n) is 11.2. The number of imide groups is 1. The average Bonchev–Trinajstić information content (AvgIpc) is 3.28. The van der Waals surface area contributed by atoms with Gasteiger partial charge in [0.25, 0.3) is 0 Å². The standard InChI is InChI=1S/C25H30FNO4/c1-4-14(10-15-6-8-20(28)19(26)11-15)7-9-21-22-16(5-2)12-17-23(18(22)13-31-21)25(30)27(3)24(17)29/h6,8,10-11,17-18,21,23,28H,4-5,7,9,12-13H2,1-3H3/b14-10+/t17-,18+,21-,23-/m1/s1. The van der Waals surface area contributed by atoms with Gasteiger partial charge < -0.3 is 9.84 Å². The van der Waals surface area contributed by atoms with Crippen molar-refractivity contribution in [2.75, 3.05) is 13.7 Å². The molecule has 4 rings (SSSR count). The molecule has 2 saturated heterocycles. The van der Waals surface area contributed by atoms with E-state index in [1.807, 2.05) is 6.08 Å².